The molecule has 2 heterocycles. The second-order valence-corrected chi connectivity index (χ2v) is 5.22. The van der Waals surface area contributed by atoms with Crippen molar-refractivity contribution >= 4 is 5.97 Å². The third-order valence-electron chi connectivity index (χ3n) is 3.94. The number of nitrogens with zero attached hydrogens (tertiary/aromatic N) is 3. The molecule has 1 atom stereocenters. The summed E-state index contributed by atoms with van der Waals surface area (Å²) in [7, 11) is 0. The van der Waals surface area contributed by atoms with Crippen molar-refractivity contribution in [3.63, 3.8) is 0 Å². The van der Waals surface area contributed by atoms with Crippen LogP contribution in [-0.2, 0) is 17.9 Å². The lowest BCUT2D eigenvalue weighted by atomic mass is 9.98. The van der Waals surface area contributed by atoms with Gasteiger partial charge in [0.15, 0.2) is 0 Å². The standard InChI is InChI=1S/C14H23N3O2/c1-2-16-11-15-9-13(16)10-17-8-4-3-5-12(17)6-7-14(18)19/h9,11-12H,2-8,10H2,1H3,(H,18,19). The van der Waals surface area contributed by atoms with Crippen LogP contribution in [0, 0.1) is 0 Å². The molecule has 1 unspecified atom stereocenters. The van der Waals surface area contributed by atoms with Crippen molar-refractivity contribution < 1.29 is 9.90 Å². The first kappa shape index (κ1) is 14.1. The summed E-state index contributed by atoms with van der Waals surface area (Å²) in [6, 6.07) is 0.407. The highest BCUT2D eigenvalue weighted by Gasteiger charge is 2.23. The third kappa shape index (κ3) is 3.80. The molecule has 5 nitrogen and oxygen atoms in total. The number of carboxylic acids is 1. The summed E-state index contributed by atoms with van der Waals surface area (Å²) in [5, 5.41) is 8.84. The second kappa shape index (κ2) is 6.70. The molecule has 0 aliphatic carbocycles. The monoisotopic (exact) mass is 265 g/mol. The number of carboxylic acid groups (broad SMARTS) is 1. The quantitative estimate of drug-likeness (QED) is 0.856. The van der Waals surface area contributed by atoms with Crippen LogP contribution in [0.4, 0.5) is 0 Å². The van der Waals surface area contributed by atoms with Crippen LogP contribution < -0.4 is 0 Å². The normalized spacial score (nSPS) is 20.6. The van der Waals surface area contributed by atoms with Crippen LogP contribution in [0.3, 0.4) is 0 Å². The first-order valence-corrected chi connectivity index (χ1v) is 7.15. The first-order chi connectivity index (χ1) is 9.20. The summed E-state index contributed by atoms with van der Waals surface area (Å²) in [5.74, 6) is -0.691. The maximum atomic E-state index is 10.7. The summed E-state index contributed by atoms with van der Waals surface area (Å²) in [4.78, 5) is 17.4. The molecule has 5 heteroatoms. The Hall–Kier alpha value is -1.36. The number of aromatic nitrogens is 2. The Labute approximate surface area is 114 Å². The molecule has 1 aliphatic heterocycles. The highest BCUT2D eigenvalue weighted by Crippen LogP contribution is 2.22. The zero-order chi connectivity index (χ0) is 13.7. The van der Waals surface area contributed by atoms with Gasteiger partial charge in [-0.05, 0) is 32.7 Å². The average Bonchev–Trinajstić information content (AvgIpc) is 2.85. The zero-order valence-electron chi connectivity index (χ0n) is 11.6. The number of piperidine rings is 1. The van der Waals surface area contributed by atoms with Crippen molar-refractivity contribution in [3.8, 4) is 0 Å². The minimum atomic E-state index is -0.691. The van der Waals surface area contributed by atoms with E-state index < -0.39 is 5.97 Å². The van der Waals surface area contributed by atoms with Crippen LogP contribution in [0.2, 0.25) is 0 Å². The van der Waals surface area contributed by atoms with Gasteiger partial charge >= 0.3 is 5.97 Å². The van der Waals surface area contributed by atoms with Crippen LogP contribution in [0.5, 0.6) is 0 Å². The van der Waals surface area contributed by atoms with E-state index in [1.165, 1.54) is 18.5 Å². The van der Waals surface area contributed by atoms with Crippen molar-refractivity contribution in [2.24, 2.45) is 0 Å². The van der Waals surface area contributed by atoms with E-state index in [4.69, 9.17) is 5.11 Å². The predicted molar refractivity (Wildman–Crippen MR) is 72.8 cm³/mol. The fourth-order valence-corrected chi connectivity index (χ4v) is 2.86. The number of imidazole rings is 1. The largest absolute Gasteiger partial charge is 0.481 e. The highest BCUT2D eigenvalue weighted by molar-refractivity contribution is 5.66. The third-order valence-corrected chi connectivity index (χ3v) is 3.94. The van der Waals surface area contributed by atoms with Crippen LogP contribution in [0.1, 0.15) is 44.7 Å². The van der Waals surface area contributed by atoms with Gasteiger partial charge in [0.1, 0.15) is 0 Å². The zero-order valence-corrected chi connectivity index (χ0v) is 11.6. The van der Waals surface area contributed by atoms with Crippen molar-refractivity contribution in [1.29, 1.82) is 0 Å². The summed E-state index contributed by atoms with van der Waals surface area (Å²) in [6.45, 7) is 5.00. The molecule has 1 aromatic rings. The van der Waals surface area contributed by atoms with E-state index in [0.717, 1.165) is 32.5 Å². The minimum absolute atomic E-state index is 0.272. The molecule has 0 saturated carbocycles. The molecule has 0 radical (unpaired) electrons. The van der Waals surface area contributed by atoms with E-state index in [1.54, 1.807) is 0 Å². The van der Waals surface area contributed by atoms with Gasteiger partial charge in [0.25, 0.3) is 0 Å². The minimum Gasteiger partial charge on any atom is -0.481 e. The van der Waals surface area contributed by atoms with E-state index in [9.17, 15) is 4.79 Å². The second-order valence-electron chi connectivity index (χ2n) is 5.22. The maximum Gasteiger partial charge on any atom is 0.303 e. The van der Waals surface area contributed by atoms with Crippen LogP contribution in [0.25, 0.3) is 0 Å². The number of likely N-dealkylation sites (tertiary alicyclic amines) is 1. The van der Waals surface area contributed by atoms with E-state index in [2.05, 4.69) is 21.4 Å². The summed E-state index contributed by atoms with van der Waals surface area (Å²) in [6.07, 6.45) is 8.37. The van der Waals surface area contributed by atoms with Gasteiger partial charge in [0.05, 0.1) is 12.0 Å². The van der Waals surface area contributed by atoms with Gasteiger partial charge in [0, 0.05) is 31.7 Å². The lowest BCUT2D eigenvalue weighted by Crippen LogP contribution is -2.39. The van der Waals surface area contributed by atoms with Gasteiger partial charge in [-0.15, -0.1) is 0 Å². The topological polar surface area (TPSA) is 58.4 Å². The number of hydrogen-bond acceptors (Lipinski definition) is 3. The molecule has 19 heavy (non-hydrogen) atoms. The molecular formula is C14H23N3O2. The molecule has 106 valence electrons. The molecule has 1 fully saturated rings. The Morgan fingerprint density at radius 2 is 2.37 bits per heavy atom. The van der Waals surface area contributed by atoms with E-state index in [-0.39, 0.29) is 6.42 Å². The van der Waals surface area contributed by atoms with E-state index in [1.807, 2.05) is 12.5 Å². The lowest BCUT2D eigenvalue weighted by molar-refractivity contribution is -0.137. The number of hydrogen-bond donors (Lipinski definition) is 1. The molecular weight excluding hydrogens is 242 g/mol. The van der Waals surface area contributed by atoms with Gasteiger partial charge in [0.2, 0.25) is 0 Å². The molecule has 1 saturated heterocycles. The molecule has 0 amide bonds. The fourth-order valence-electron chi connectivity index (χ4n) is 2.86. The molecule has 0 bridgehead atoms. The maximum absolute atomic E-state index is 10.7. The van der Waals surface area contributed by atoms with Crippen molar-refractivity contribution in [1.82, 2.24) is 14.5 Å². The summed E-state index contributed by atoms with van der Waals surface area (Å²) < 4.78 is 2.16. The van der Waals surface area contributed by atoms with Crippen molar-refractivity contribution in [3.05, 3.63) is 18.2 Å². The molecule has 1 aliphatic rings. The first-order valence-electron chi connectivity index (χ1n) is 7.15. The van der Waals surface area contributed by atoms with Crippen LogP contribution in [-0.4, -0.2) is 38.1 Å². The molecule has 2 rings (SSSR count). The molecule has 1 N–H and O–H groups in total. The van der Waals surface area contributed by atoms with Crippen LogP contribution >= 0.6 is 0 Å². The fraction of sp³-hybridized carbons (Fsp3) is 0.714. The van der Waals surface area contributed by atoms with Crippen molar-refractivity contribution in [2.75, 3.05) is 6.54 Å². The predicted octanol–water partition coefficient (Wildman–Crippen LogP) is 2.12. The molecule has 0 aromatic carbocycles. The Morgan fingerprint density at radius 1 is 1.53 bits per heavy atom. The number of aryl methyl sites for hydroxylation is 1. The van der Waals surface area contributed by atoms with Crippen molar-refractivity contribution in [2.45, 2.75) is 58.2 Å². The highest BCUT2D eigenvalue weighted by atomic mass is 16.4. The Bertz CT molecular complexity index is 417. The Kier molecular flexibility index (Phi) is 4.96. The summed E-state index contributed by atoms with van der Waals surface area (Å²) >= 11 is 0. The molecule has 0 spiro atoms. The SMILES string of the molecule is CCn1cncc1CN1CCCCC1CCC(=O)O. The molecule has 1 aromatic heterocycles. The van der Waals surface area contributed by atoms with Crippen LogP contribution in [0.15, 0.2) is 12.5 Å². The van der Waals surface area contributed by atoms with Gasteiger partial charge in [-0.1, -0.05) is 6.42 Å². The van der Waals surface area contributed by atoms with Gasteiger partial charge in [-0.25, -0.2) is 4.98 Å². The Balaban J connectivity index is 1.97. The van der Waals surface area contributed by atoms with Gasteiger partial charge in [-0.3, -0.25) is 9.69 Å². The average molecular weight is 265 g/mol. The number of rotatable bonds is 6. The van der Waals surface area contributed by atoms with E-state index in [0.29, 0.717) is 6.04 Å². The number of aliphatic carboxylic acids is 1. The lowest BCUT2D eigenvalue weighted by Gasteiger charge is -2.35. The van der Waals surface area contributed by atoms with E-state index >= 15 is 0 Å². The van der Waals surface area contributed by atoms with Gasteiger partial charge < -0.3 is 9.67 Å². The smallest absolute Gasteiger partial charge is 0.303 e. The Morgan fingerprint density at radius 3 is 3.11 bits per heavy atom. The summed E-state index contributed by atoms with van der Waals surface area (Å²) in [5.41, 5.74) is 1.23. The number of carbonyl (C=O) groups is 1. The van der Waals surface area contributed by atoms with Gasteiger partial charge in [-0.2, -0.15) is 0 Å².